The smallest absolute Gasteiger partial charge is 0.122 e. The first-order valence-corrected chi connectivity index (χ1v) is 5.51. The van der Waals surface area contributed by atoms with Crippen molar-refractivity contribution in [3.05, 3.63) is 24.2 Å². The Morgan fingerprint density at radius 2 is 2.07 bits per heavy atom. The Balaban J connectivity index is 2.45. The Hall–Kier alpha value is -0.800. The van der Waals surface area contributed by atoms with Crippen molar-refractivity contribution in [1.82, 2.24) is 10.2 Å². The number of likely N-dealkylation sites (N-methyl/N-ethyl adjacent to an activating group) is 1. The molecule has 86 valence electrons. The summed E-state index contributed by atoms with van der Waals surface area (Å²) in [6.45, 7) is 6.40. The molecule has 0 saturated heterocycles. The highest BCUT2D eigenvalue weighted by molar-refractivity contribution is 5.04. The van der Waals surface area contributed by atoms with E-state index in [0.717, 1.165) is 18.8 Å². The Kier molecular flexibility index (Phi) is 4.85. The molecule has 3 nitrogen and oxygen atoms in total. The van der Waals surface area contributed by atoms with Crippen molar-refractivity contribution in [2.24, 2.45) is 5.92 Å². The van der Waals surface area contributed by atoms with Gasteiger partial charge in [0.15, 0.2) is 0 Å². The van der Waals surface area contributed by atoms with E-state index in [2.05, 4.69) is 38.2 Å². The Morgan fingerprint density at radius 3 is 2.53 bits per heavy atom. The van der Waals surface area contributed by atoms with E-state index in [9.17, 15) is 0 Å². The zero-order valence-corrected chi connectivity index (χ0v) is 10.2. The van der Waals surface area contributed by atoms with Crippen LogP contribution < -0.4 is 5.32 Å². The molecule has 1 N–H and O–H groups in total. The van der Waals surface area contributed by atoms with Crippen LogP contribution in [-0.4, -0.2) is 32.1 Å². The van der Waals surface area contributed by atoms with Gasteiger partial charge < -0.3 is 9.73 Å². The topological polar surface area (TPSA) is 28.4 Å². The lowest BCUT2D eigenvalue weighted by atomic mass is 10.2. The van der Waals surface area contributed by atoms with E-state index in [1.54, 1.807) is 6.26 Å². The summed E-state index contributed by atoms with van der Waals surface area (Å²) in [6, 6.07) is 4.29. The van der Waals surface area contributed by atoms with E-state index in [4.69, 9.17) is 4.42 Å². The molecule has 0 radical (unpaired) electrons. The van der Waals surface area contributed by atoms with Gasteiger partial charge in [0.05, 0.1) is 12.3 Å². The number of hydrogen-bond donors (Lipinski definition) is 1. The van der Waals surface area contributed by atoms with Crippen LogP contribution in [0.3, 0.4) is 0 Å². The fourth-order valence-corrected chi connectivity index (χ4v) is 1.53. The van der Waals surface area contributed by atoms with Crippen molar-refractivity contribution in [3.63, 3.8) is 0 Å². The number of rotatable bonds is 6. The van der Waals surface area contributed by atoms with Crippen molar-refractivity contribution in [2.45, 2.75) is 19.9 Å². The van der Waals surface area contributed by atoms with Crippen LogP contribution in [0.5, 0.6) is 0 Å². The normalized spacial score (nSPS) is 13.7. The molecule has 1 aromatic rings. The molecule has 0 saturated carbocycles. The van der Waals surface area contributed by atoms with E-state index >= 15 is 0 Å². The number of nitrogens with one attached hydrogen (secondary N) is 1. The number of nitrogens with zero attached hydrogens (tertiary/aromatic N) is 1. The monoisotopic (exact) mass is 210 g/mol. The molecular formula is C12H22N2O. The van der Waals surface area contributed by atoms with Gasteiger partial charge in [-0.2, -0.15) is 0 Å². The zero-order chi connectivity index (χ0) is 11.3. The molecule has 1 aromatic heterocycles. The van der Waals surface area contributed by atoms with Crippen LogP contribution in [0.25, 0.3) is 0 Å². The summed E-state index contributed by atoms with van der Waals surface area (Å²) in [5.41, 5.74) is 0. The molecular weight excluding hydrogens is 188 g/mol. The third-order valence-corrected chi connectivity index (χ3v) is 2.39. The highest BCUT2D eigenvalue weighted by atomic mass is 16.3. The van der Waals surface area contributed by atoms with Crippen molar-refractivity contribution in [2.75, 3.05) is 27.2 Å². The minimum absolute atomic E-state index is 0.318. The fraction of sp³-hybridized carbons (Fsp3) is 0.667. The average molecular weight is 210 g/mol. The van der Waals surface area contributed by atoms with E-state index in [1.807, 2.05) is 12.1 Å². The molecule has 1 heterocycles. The van der Waals surface area contributed by atoms with Crippen molar-refractivity contribution in [3.8, 4) is 0 Å². The lowest BCUT2D eigenvalue weighted by Gasteiger charge is -2.23. The highest BCUT2D eigenvalue weighted by Crippen LogP contribution is 2.17. The van der Waals surface area contributed by atoms with Gasteiger partial charge in [-0.3, -0.25) is 4.90 Å². The Bertz CT molecular complexity index is 255. The second kappa shape index (κ2) is 5.93. The third kappa shape index (κ3) is 4.06. The van der Waals surface area contributed by atoms with Crippen LogP contribution >= 0.6 is 0 Å². The van der Waals surface area contributed by atoms with Crippen LogP contribution in [0.15, 0.2) is 22.8 Å². The number of hydrogen-bond acceptors (Lipinski definition) is 3. The van der Waals surface area contributed by atoms with Gasteiger partial charge in [0, 0.05) is 6.54 Å². The summed E-state index contributed by atoms with van der Waals surface area (Å²) in [7, 11) is 4.15. The van der Waals surface area contributed by atoms with E-state index in [-0.39, 0.29) is 0 Å². The molecule has 0 aliphatic carbocycles. The first-order chi connectivity index (χ1) is 7.11. The molecule has 0 aliphatic rings. The molecule has 0 aromatic carbocycles. The maximum atomic E-state index is 5.43. The lowest BCUT2D eigenvalue weighted by molar-refractivity contribution is 0.248. The second-order valence-electron chi connectivity index (χ2n) is 4.55. The van der Waals surface area contributed by atoms with Gasteiger partial charge in [-0.05, 0) is 38.7 Å². The van der Waals surface area contributed by atoms with Gasteiger partial charge in [-0.25, -0.2) is 0 Å². The molecule has 0 fully saturated rings. The minimum atomic E-state index is 0.318. The maximum Gasteiger partial charge on any atom is 0.122 e. The van der Waals surface area contributed by atoms with E-state index in [1.165, 1.54) is 0 Å². The van der Waals surface area contributed by atoms with E-state index in [0.29, 0.717) is 12.0 Å². The van der Waals surface area contributed by atoms with Crippen LogP contribution in [0.2, 0.25) is 0 Å². The lowest BCUT2D eigenvalue weighted by Crippen LogP contribution is -2.32. The summed E-state index contributed by atoms with van der Waals surface area (Å²) in [4.78, 5) is 2.17. The van der Waals surface area contributed by atoms with Crippen LogP contribution in [0, 0.1) is 5.92 Å². The molecule has 15 heavy (non-hydrogen) atoms. The fourth-order valence-electron chi connectivity index (χ4n) is 1.53. The second-order valence-corrected chi connectivity index (χ2v) is 4.55. The van der Waals surface area contributed by atoms with Gasteiger partial charge in [0.25, 0.3) is 0 Å². The SMILES string of the molecule is CC(C)CNC[C@H](c1ccco1)N(C)C. The maximum absolute atomic E-state index is 5.43. The Labute approximate surface area is 92.5 Å². The largest absolute Gasteiger partial charge is 0.468 e. The molecule has 1 rings (SSSR count). The number of furan rings is 1. The molecule has 0 unspecified atom stereocenters. The standard InChI is InChI=1S/C12H22N2O/c1-10(2)8-13-9-11(14(3)4)12-6-5-7-15-12/h5-7,10-11,13H,8-9H2,1-4H3/t11-/m1/s1. The highest BCUT2D eigenvalue weighted by Gasteiger charge is 2.15. The molecule has 1 atom stereocenters. The van der Waals surface area contributed by atoms with Crippen molar-refractivity contribution >= 4 is 0 Å². The summed E-state index contributed by atoms with van der Waals surface area (Å²) in [5.74, 6) is 1.71. The average Bonchev–Trinajstić information content (AvgIpc) is 2.63. The summed E-state index contributed by atoms with van der Waals surface area (Å²) in [6.07, 6.45) is 1.73. The summed E-state index contributed by atoms with van der Waals surface area (Å²) < 4.78 is 5.43. The van der Waals surface area contributed by atoms with Crippen molar-refractivity contribution in [1.29, 1.82) is 0 Å². The third-order valence-electron chi connectivity index (χ3n) is 2.39. The molecule has 0 spiro atoms. The van der Waals surface area contributed by atoms with Crippen LogP contribution in [0.1, 0.15) is 25.6 Å². The van der Waals surface area contributed by atoms with Gasteiger partial charge in [-0.15, -0.1) is 0 Å². The Morgan fingerprint density at radius 1 is 1.33 bits per heavy atom. The quantitative estimate of drug-likeness (QED) is 0.779. The van der Waals surface area contributed by atoms with Gasteiger partial charge >= 0.3 is 0 Å². The van der Waals surface area contributed by atoms with Gasteiger partial charge in [0.1, 0.15) is 5.76 Å². The molecule has 0 aliphatic heterocycles. The first-order valence-electron chi connectivity index (χ1n) is 5.51. The molecule has 0 amide bonds. The first kappa shape index (κ1) is 12.3. The predicted octanol–water partition coefficient (Wildman–Crippen LogP) is 2.13. The van der Waals surface area contributed by atoms with E-state index < -0.39 is 0 Å². The summed E-state index contributed by atoms with van der Waals surface area (Å²) in [5, 5.41) is 3.45. The zero-order valence-electron chi connectivity index (χ0n) is 10.2. The van der Waals surface area contributed by atoms with Crippen LogP contribution in [-0.2, 0) is 0 Å². The van der Waals surface area contributed by atoms with Gasteiger partial charge in [0.2, 0.25) is 0 Å². The van der Waals surface area contributed by atoms with Crippen molar-refractivity contribution < 1.29 is 4.42 Å². The molecule has 3 heteroatoms. The van der Waals surface area contributed by atoms with Crippen LogP contribution in [0.4, 0.5) is 0 Å². The predicted molar refractivity (Wildman–Crippen MR) is 62.8 cm³/mol. The minimum Gasteiger partial charge on any atom is -0.468 e. The summed E-state index contributed by atoms with van der Waals surface area (Å²) >= 11 is 0. The van der Waals surface area contributed by atoms with Gasteiger partial charge in [-0.1, -0.05) is 13.8 Å². The molecule has 0 bridgehead atoms.